The van der Waals surface area contributed by atoms with Gasteiger partial charge in [-0.2, -0.15) is 0 Å². The molecule has 0 spiro atoms. The molecule has 0 bridgehead atoms. The van der Waals surface area contributed by atoms with E-state index in [1.807, 2.05) is 12.1 Å². The zero-order valence-corrected chi connectivity index (χ0v) is 12.9. The van der Waals surface area contributed by atoms with Gasteiger partial charge in [-0.15, -0.1) is 0 Å². The van der Waals surface area contributed by atoms with Crippen molar-refractivity contribution in [3.05, 3.63) is 70.8 Å². The third kappa shape index (κ3) is 3.55. The fourth-order valence-electron chi connectivity index (χ4n) is 2.96. The number of benzene rings is 2. The maximum absolute atomic E-state index is 12.3. The molecule has 0 aliphatic carbocycles. The highest BCUT2D eigenvalue weighted by atomic mass is 16.2. The Balaban J connectivity index is 1.51. The molecule has 0 saturated carbocycles. The lowest BCUT2D eigenvalue weighted by molar-refractivity contribution is -0.123. The van der Waals surface area contributed by atoms with Crippen molar-refractivity contribution in [3.8, 4) is 0 Å². The Morgan fingerprint density at radius 3 is 2.82 bits per heavy atom. The SMILES string of the molecule is Cc1cccc(CCNC(=O)C2Cc3ccccc3CN2)c1. The third-order valence-corrected chi connectivity index (χ3v) is 4.19. The van der Waals surface area contributed by atoms with Gasteiger partial charge in [-0.1, -0.05) is 54.1 Å². The van der Waals surface area contributed by atoms with Crippen LogP contribution >= 0.6 is 0 Å². The van der Waals surface area contributed by atoms with Crippen molar-refractivity contribution in [1.82, 2.24) is 10.6 Å². The zero-order chi connectivity index (χ0) is 15.4. The van der Waals surface area contributed by atoms with Crippen molar-refractivity contribution in [2.45, 2.75) is 32.4 Å². The summed E-state index contributed by atoms with van der Waals surface area (Å²) in [5, 5.41) is 6.37. The van der Waals surface area contributed by atoms with Crippen molar-refractivity contribution in [3.63, 3.8) is 0 Å². The van der Waals surface area contributed by atoms with Gasteiger partial charge in [-0.3, -0.25) is 4.79 Å². The van der Waals surface area contributed by atoms with Crippen LogP contribution in [0.25, 0.3) is 0 Å². The van der Waals surface area contributed by atoms with E-state index >= 15 is 0 Å². The van der Waals surface area contributed by atoms with Crippen molar-refractivity contribution in [2.75, 3.05) is 6.54 Å². The van der Waals surface area contributed by atoms with E-state index in [0.29, 0.717) is 6.54 Å². The van der Waals surface area contributed by atoms with Crippen LogP contribution in [0.3, 0.4) is 0 Å². The number of rotatable bonds is 4. The molecule has 2 aromatic carbocycles. The maximum Gasteiger partial charge on any atom is 0.237 e. The largest absolute Gasteiger partial charge is 0.354 e. The van der Waals surface area contributed by atoms with Crippen LogP contribution in [0.4, 0.5) is 0 Å². The third-order valence-electron chi connectivity index (χ3n) is 4.19. The molecular formula is C19H22N2O. The van der Waals surface area contributed by atoms with E-state index < -0.39 is 0 Å². The fraction of sp³-hybridized carbons (Fsp3) is 0.316. The van der Waals surface area contributed by atoms with Crippen LogP contribution in [0.5, 0.6) is 0 Å². The Kier molecular flexibility index (Phi) is 4.54. The summed E-state index contributed by atoms with van der Waals surface area (Å²) in [4.78, 5) is 12.3. The molecule has 0 radical (unpaired) electrons. The molecule has 1 aliphatic heterocycles. The minimum atomic E-state index is -0.118. The summed E-state index contributed by atoms with van der Waals surface area (Å²) in [5.74, 6) is 0.0992. The second kappa shape index (κ2) is 6.75. The molecular weight excluding hydrogens is 272 g/mol. The number of hydrogen-bond donors (Lipinski definition) is 2. The smallest absolute Gasteiger partial charge is 0.237 e. The second-order valence-electron chi connectivity index (χ2n) is 5.94. The number of fused-ring (bicyclic) bond motifs is 1. The predicted molar refractivity (Wildman–Crippen MR) is 88.7 cm³/mol. The van der Waals surface area contributed by atoms with Gasteiger partial charge in [0.1, 0.15) is 0 Å². The summed E-state index contributed by atoms with van der Waals surface area (Å²) in [6.07, 6.45) is 1.64. The molecule has 0 saturated heterocycles. The van der Waals surface area contributed by atoms with Gasteiger partial charge in [0.05, 0.1) is 6.04 Å². The van der Waals surface area contributed by atoms with E-state index in [9.17, 15) is 4.79 Å². The van der Waals surface area contributed by atoms with Gasteiger partial charge in [0.25, 0.3) is 0 Å². The van der Waals surface area contributed by atoms with Gasteiger partial charge in [-0.25, -0.2) is 0 Å². The summed E-state index contributed by atoms with van der Waals surface area (Å²) < 4.78 is 0. The van der Waals surface area contributed by atoms with E-state index in [2.05, 4.69) is 54.0 Å². The minimum absolute atomic E-state index is 0.0992. The quantitative estimate of drug-likeness (QED) is 0.909. The molecule has 1 unspecified atom stereocenters. The number of carbonyl (C=O) groups excluding carboxylic acids is 1. The lowest BCUT2D eigenvalue weighted by Crippen LogP contribution is -2.48. The predicted octanol–water partition coefficient (Wildman–Crippen LogP) is 2.37. The highest BCUT2D eigenvalue weighted by Gasteiger charge is 2.23. The molecule has 1 heterocycles. The van der Waals surface area contributed by atoms with Crippen LogP contribution in [0, 0.1) is 6.92 Å². The Labute approximate surface area is 131 Å². The van der Waals surface area contributed by atoms with Crippen molar-refractivity contribution in [1.29, 1.82) is 0 Å². The van der Waals surface area contributed by atoms with Crippen molar-refractivity contribution < 1.29 is 4.79 Å². The highest BCUT2D eigenvalue weighted by Crippen LogP contribution is 2.16. The average molecular weight is 294 g/mol. The number of aryl methyl sites for hydroxylation is 1. The first-order valence-corrected chi connectivity index (χ1v) is 7.86. The van der Waals surface area contributed by atoms with Gasteiger partial charge in [0.15, 0.2) is 0 Å². The first-order valence-electron chi connectivity index (χ1n) is 7.86. The summed E-state index contributed by atoms with van der Waals surface area (Å²) in [5.41, 5.74) is 5.10. The average Bonchev–Trinajstić information content (AvgIpc) is 2.54. The molecule has 2 N–H and O–H groups in total. The summed E-state index contributed by atoms with van der Waals surface area (Å²) in [7, 11) is 0. The molecule has 22 heavy (non-hydrogen) atoms. The van der Waals surface area contributed by atoms with Crippen LogP contribution < -0.4 is 10.6 Å². The molecule has 1 aliphatic rings. The Morgan fingerprint density at radius 2 is 2.00 bits per heavy atom. The molecule has 2 aromatic rings. The maximum atomic E-state index is 12.3. The topological polar surface area (TPSA) is 41.1 Å². The molecule has 114 valence electrons. The van der Waals surface area contributed by atoms with Crippen molar-refractivity contribution in [2.24, 2.45) is 0 Å². The normalized spacial score (nSPS) is 16.9. The van der Waals surface area contributed by atoms with Gasteiger partial charge < -0.3 is 10.6 Å². The number of carbonyl (C=O) groups is 1. The molecule has 3 heteroatoms. The number of nitrogens with one attached hydrogen (secondary N) is 2. The lowest BCUT2D eigenvalue weighted by Gasteiger charge is -2.25. The van der Waals surface area contributed by atoms with Crippen LogP contribution in [0.1, 0.15) is 22.3 Å². The molecule has 3 nitrogen and oxygen atoms in total. The second-order valence-corrected chi connectivity index (χ2v) is 5.94. The van der Waals surface area contributed by atoms with E-state index in [4.69, 9.17) is 0 Å². The highest BCUT2D eigenvalue weighted by molar-refractivity contribution is 5.82. The van der Waals surface area contributed by atoms with Crippen LogP contribution in [-0.2, 0) is 24.2 Å². The number of hydrogen-bond acceptors (Lipinski definition) is 2. The molecule has 0 aromatic heterocycles. The monoisotopic (exact) mass is 294 g/mol. The fourth-order valence-corrected chi connectivity index (χ4v) is 2.96. The van der Waals surface area contributed by atoms with Crippen molar-refractivity contribution >= 4 is 5.91 Å². The van der Waals surface area contributed by atoms with Gasteiger partial charge in [-0.05, 0) is 36.5 Å². The van der Waals surface area contributed by atoms with Crippen LogP contribution in [0.15, 0.2) is 48.5 Å². The molecule has 1 amide bonds. The summed E-state index contributed by atoms with van der Waals surface area (Å²) >= 11 is 0. The van der Waals surface area contributed by atoms with E-state index in [1.54, 1.807) is 0 Å². The van der Waals surface area contributed by atoms with E-state index in [1.165, 1.54) is 22.3 Å². The van der Waals surface area contributed by atoms with Gasteiger partial charge in [0.2, 0.25) is 5.91 Å². The number of amides is 1. The van der Waals surface area contributed by atoms with Crippen LogP contribution in [0.2, 0.25) is 0 Å². The first-order chi connectivity index (χ1) is 10.7. The first kappa shape index (κ1) is 14.8. The molecule has 1 atom stereocenters. The van der Waals surface area contributed by atoms with Crippen LogP contribution in [-0.4, -0.2) is 18.5 Å². The summed E-state index contributed by atoms with van der Waals surface area (Å²) in [6.45, 7) is 3.54. The Hall–Kier alpha value is -2.13. The molecule has 0 fully saturated rings. The zero-order valence-electron chi connectivity index (χ0n) is 12.9. The Morgan fingerprint density at radius 1 is 1.18 bits per heavy atom. The van der Waals surface area contributed by atoms with Gasteiger partial charge >= 0.3 is 0 Å². The lowest BCUT2D eigenvalue weighted by atomic mass is 9.95. The van der Waals surface area contributed by atoms with E-state index in [-0.39, 0.29) is 11.9 Å². The van der Waals surface area contributed by atoms with Gasteiger partial charge in [0, 0.05) is 13.1 Å². The van der Waals surface area contributed by atoms with E-state index in [0.717, 1.165) is 19.4 Å². The Bertz CT molecular complexity index is 666. The standard InChI is InChI=1S/C19H22N2O/c1-14-5-4-6-15(11-14)9-10-20-19(22)18-12-16-7-2-3-8-17(16)13-21-18/h2-8,11,18,21H,9-10,12-13H2,1H3,(H,20,22). The summed E-state index contributed by atoms with van der Waals surface area (Å²) in [6, 6.07) is 16.6. The minimum Gasteiger partial charge on any atom is -0.354 e. The molecule has 3 rings (SSSR count).